The van der Waals surface area contributed by atoms with Gasteiger partial charge in [-0.1, -0.05) is 6.92 Å². The van der Waals surface area contributed by atoms with E-state index in [1.807, 2.05) is 6.07 Å². The first-order valence-electron chi connectivity index (χ1n) is 5.15. The van der Waals surface area contributed by atoms with Gasteiger partial charge < -0.3 is 5.73 Å². The minimum atomic E-state index is -3.82. The van der Waals surface area contributed by atoms with Crippen molar-refractivity contribution in [2.45, 2.75) is 18.6 Å². The Morgan fingerprint density at radius 2 is 2.11 bits per heavy atom. The van der Waals surface area contributed by atoms with E-state index in [2.05, 4.69) is 4.72 Å². The Morgan fingerprint density at radius 3 is 2.61 bits per heavy atom. The molecule has 0 spiro atoms. The second-order valence-corrected chi connectivity index (χ2v) is 5.45. The first-order valence-corrected chi connectivity index (χ1v) is 6.70. The molecular formula is C11H12N4O2S. The number of benzene rings is 1. The number of nitrogen functional groups attached to an aromatic ring is 1. The van der Waals surface area contributed by atoms with Gasteiger partial charge in [0, 0.05) is 5.69 Å². The smallest absolute Gasteiger partial charge is 0.249 e. The van der Waals surface area contributed by atoms with Crippen molar-refractivity contribution in [2.75, 3.05) is 10.5 Å². The summed E-state index contributed by atoms with van der Waals surface area (Å²) >= 11 is 0. The van der Waals surface area contributed by atoms with Crippen LogP contribution in [0.5, 0.6) is 0 Å². The lowest BCUT2D eigenvalue weighted by Gasteiger charge is -2.12. The van der Waals surface area contributed by atoms with Gasteiger partial charge in [0.2, 0.25) is 10.0 Å². The Balaban J connectivity index is 3.14. The molecule has 94 valence electrons. The van der Waals surface area contributed by atoms with Crippen molar-refractivity contribution in [1.82, 2.24) is 0 Å². The van der Waals surface area contributed by atoms with Gasteiger partial charge in [-0.25, -0.2) is 8.42 Å². The van der Waals surface area contributed by atoms with Crippen LogP contribution in [0.1, 0.15) is 18.9 Å². The van der Waals surface area contributed by atoms with Crippen LogP contribution in [-0.2, 0) is 10.0 Å². The van der Waals surface area contributed by atoms with Crippen molar-refractivity contribution in [1.29, 1.82) is 10.5 Å². The third kappa shape index (κ3) is 2.90. The average Bonchev–Trinajstić information content (AvgIpc) is 2.32. The van der Waals surface area contributed by atoms with E-state index in [0.717, 1.165) is 0 Å². The van der Waals surface area contributed by atoms with Gasteiger partial charge in [-0.15, -0.1) is 0 Å². The Bertz CT molecular complexity index is 625. The molecule has 0 saturated heterocycles. The summed E-state index contributed by atoms with van der Waals surface area (Å²) < 4.78 is 25.9. The van der Waals surface area contributed by atoms with Crippen LogP contribution in [0, 0.1) is 22.7 Å². The van der Waals surface area contributed by atoms with Crippen LogP contribution in [0.2, 0.25) is 0 Å². The quantitative estimate of drug-likeness (QED) is 0.791. The number of sulfonamides is 1. The van der Waals surface area contributed by atoms with E-state index < -0.39 is 15.3 Å². The summed E-state index contributed by atoms with van der Waals surface area (Å²) in [6.45, 7) is 1.60. The van der Waals surface area contributed by atoms with Crippen molar-refractivity contribution in [3.8, 4) is 12.1 Å². The van der Waals surface area contributed by atoms with E-state index in [4.69, 9.17) is 16.3 Å². The average molecular weight is 264 g/mol. The zero-order valence-corrected chi connectivity index (χ0v) is 10.5. The van der Waals surface area contributed by atoms with Crippen LogP contribution in [0.25, 0.3) is 0 Å². The Kier molecular flexibility index (Phi) is 4.13. The molecule has 1 rings (SSSR count). The number of hydrogen-bond donors (Lipinski definition) is 2. The summed E-state index contributed by atoms with van der Waals surface area (Å²) in [6, 6.07) is 7.79. The van der Waals surface area contributed by atoms with Crippen LogP contribution < -0.4 is 10.5 Å². The Labute approximate surface area is 106 Å². The van der Waals surface area contributed by atoms with Gasteiger partial charge in [0.25, 0.3) is 0 Å². The molecule has 1 aromatic carbocycles. The fourth-order valence-corrected chi connectivity index (χ4v) is 2.55. The van der Waals surface area contributed by atoms with Gasteiger partial charge in [-0.2, -0.15) is 10.5 Å². The summed E-state index contributed by atoms with van der Waals surface area (Å²) in [7, 11) is -3.82. The van der Waals surface area contributed by atoms with Gasteiger partial charge in [0.15, 0.2) is 5.25 Å². The second kappa shape index (κ2) is 5.39. The maximum atomic E-state index is 11.8. The maximum absolute atomic E-state index is 11.8. The van der Waals surface area contributed by atoms with Gasteiger partial charge in [0.05, 0.1) is 17.3 Å². The van der Waals surface area contributed by atoms with E-state index in [-0.39, 0.29) is 17.7 Å². The topological polar surface area (TPSA) is 120 Å². The standard InChI is InChI=1S/C11H12N4O2S/c1-2-10(7-13)18(16,17)15-11-4-3-9(14)5-8(11)6-12/h3-5,10,15H,2,14H2,1H3. The van der Waals surface area contributed by atoms with Crippen molar-refractivity contribution in [3.63, 3.8) is 0 Å². The third-order valence-corrected chi connectivity index (χ3v) is 4.00. The first kappa shape index (κ1) is 13.8. The van der Waals surface area contributed by atoms with E-state index in [0.29, 0.717) is 5.69 Å². The number of rotatable bonds is 4. The predicted molar refractivity (Wildman–Crippen MR) is 67.8 cm³/mol. The van der Waals surface area contributed by atoms with Gasteiger partial charge in [-0.05, 0) is 24.6 Å². The van der Waals surface area contributed by atoms with E-state index in [1.165, 1.54) is 18.2 Å². The molecule has 0 aliphatic heterocycles. The van der Waals surface area contributed by atoms with Crippen LogP contribution >= 0.6 is 0 Å². The van der Waals surface area contributed by atoms with Gasteiger partial charge in [-0.3, -0.25) is 4.72 Å². The second-order valence-electron chi connectivity index (χ2n) is 3.59. The summed E-state index contributed by atoms with van der Waals surface area (Å²) in [6.07, 6.45) is 0.169. The molecule has 0 aliphatic carbocycles. The number of nitrogens with one attached hydrogen (secondary N) is 1. The lowest BCUT2D eigenvalue weighted by atomic mass is 10.2. The van der Waals surface area contributed by atoms with Crippen LogP contribution in [-0.4, -0.2) is 13.7 Å². The lowest BCUT2D eigenvalue weighted by molar-refractivity contribution is 0.593. The zero-order valence-electron chi connectivity index (χ0n) is 9.71. The predicted octanol–water partition coefficient (Wildman–Crippen LogP) is 1.18. The summed E-state index contributed by atoms with van der Waals surface area (Å²) in [5.41, 5.74) is 6.10. The molecule has 0 aliphatic rings. The number of hydrogen-bond acceptors (Lipinski definition) is 5. The van der Waals surface area contributed by atoms with Crippen molar-refractivity contribution < 1.29 is 8.42 Å². The van der Waals surface area contributed by atoms with E-state index in [1.54, 1.807) is 13.0 Å². The lowest BCUT2D eigenvalue weighted by Crippen LogP contribution is -2.26. The number of anilines is 2. The SMILES string of the molecule is CCC(C#N)S(=O)(=O)Nc1ccc(N)cc1C#N. The molecule has 0 aromatic heterocycles. The molecule has 3 N–H and O–H groups in total. The monoisotopic (exact) mass is 264 g/mol. The highest BCUT2D eigenvalue weighted by molar-refractivity contribution is 7.93. The fourth-order valence-electron chi connectivity index (χ4n) is 1.35. The maximum Gasteiger partial charge on any atom is 0.249 e. The van der Waals surface area contributed by atoms with E-state index in [9.17, 15) is 8.42 Å². The highest BCUT2D eigenvalue weighted by atomic mass is 32.2. The molecule has 0 amide bonds. The summed E-state index contributed by atoms with van der Waals surface area (Å²) in [5, 5.41) is 16.5. The molecule has 1 aromatic rings. The van der Waals surface area contributed by atoms with Crippen LogP contribution in [0.4, 0.5) is 11.4 Å². The first-order chi connectivity index (χ1) is 8.44. The molecule has 18 heavy (non-hydrogen) atoms. The zero-order chi connectivity index (χ0) is 13.8. The normalized spacial score (nSPS) is 12.2. The molecule has 0 bridgehead atoms. The molecular weight excluding hydrogens is 252 g/mol. The van der Waals surface area contributed by atoms with Crippen molar-refractivity contribution in [3.05, 3.63) is 23.8 Å². The molecule has 0 heterocycles. The molecule has 0 fully saturated rings. The van der Waals surface area contributed by atoms with Crippen LogP contribution in [0.3, 0.4) is 0 Å². The fraction of sp³-hybridized carbons (Fsp3) is 0.273. The van der Waals surface area contributed by atoms with Crippen molar-refractivity contribution >= 4 is 21.4 Å². The summed E-state index contributed by atoms with van der Waals surface area (Å²) in [4.78, 5) is 0. The molecule has 0 radical (unpaired) electrons. The molecule has 6 nitrogen and oxygen atoms in total. The van der Waals surface area contributed by atoms with Gasteiger partial charge in [0.1, 0.15) is 6.07 Å². The molecule has 1 unspecified atom stereocenters. The van der Waals surface area contributed by atoms with E-state index >= 15 is 0 Å². The Morgan fingerprint density at radius 1 is 1.44 bits per heavy atom. The molecule has 0 saturated carbocycles. The minimum Gasteiger partial charge on any atom is -0.399 e. The number of nitrogens with zero attached hydrogens (tertiary/aromatic N) is 2. The number of nitrogens with two attached hydrogens (primary N) is 1. The largest absolute Gasteiger partial charge is 0.399 e. The third-order valence-electron chi connectivity index (χ3n) is 2.31. The highest BCUT2D eigenvalue weighted by Gasteiger charge is 2.24. The van der Waals surface area contributed by atoms with Crippen molar-refractivity contribution in [2.24, 2.45) is 0 Å². The Hall–Kier alpha value is -2.25. The molecule has 7 heteroatoms. The minimum absolute atomic E-state index is 0.117. The number of nitriles is 2. The highest BCUT2D eigenvalue weighted by Crippen LogP contribution is 2.20. The van der Waals surface area contributed by atoms with Gasteiger partial charge >= 0.3 is 0 Å². The molecule has 1 atom stereocenters. The summed E-state index contributed by atoms with van der Waals surface area (Å²) in [5.74, 6) is 0. The van der Waals surface area contributed by atoms with Crippen LogP contribution in [0.15, 0.2) is 18.2 Å².